The Balaban J connectivity index is 2.38. The number of carbonyl (C=O) groups is 1. The molecule has 8 heteroatoms. The summed E-state index contributed by atoms with van der Waals surface area (Å²) in [6, 6.07) is 4.02. The van der Waals surface area contributed by atoms with Crippen LogP contribution in [0.4, 0.5) is 10.1 Å². The van der Waals surface area contributed by atoms with Gasteiger partial charge in [-0.2, -0.15) is 0 Å². The molecule has 0 spiro atoms. The van der Waals surface area contributed by atoms with Crippen LogP contribution in [0.1, 0.15) is 25.7 Å². The summed E-state index contributed by atoms with van der Waals surface area (Å²) in [5.41, 5.74) is 1.20. The molecule has 7 nitrogen and oxygen atoms in total. The summed E-state index contributed by atoms with van der Waals surface area (Å²) >= 11 is 0. The molecule has 1 aliphatic rings. The summed E-state index contributed by atoms with van der Waals surface area (Å²) in [4.78, 5) is 12.8. The van der Waals surface area contributed by atoms with E-state index in [-0.39, 0.29) is 17.0 Å². The molecular formula is C19H23FN4O3. The van der Waals surface area contributed by atoms with Gasteiger partial charge in [0.05, 0.1) is 24.5 Å². The Kier molecular flexibility index (Phi) is 7.39. The van der Waals surface area contributed by atoms with Gasteiger partial charge in [-0.05, 0) is 38.1 Å². The van der Waals surface area contributed by atoms with E-state index >= 15 is 0 Å². The van der Waals surface area contributed by atoms with Crippen molar-refractivity contribution in [2.75, 3.05) is 25.1 Å². The standard InChI is InChI=1S/C19H23FN4O3/c1-3-23-11-13(10-21)18(25)17(8-12(2)22)24-16-5-4-14(20)9-15(16)19-26-6-7-27-19/h4-5,8-11,19,21-24H,3,6-7H2,1-2H3/b13-11+,17-8-,21-10?,22-12?. The molecule has 0 amide bonds. The minimum Gasteiger partial charge on any atom is -0.391 e. The van der Waals surface area contributed by atoms with Crippen molar-refractivity contribution in [2.45, 2.75) is 20.1 Å². The highest BCUT2D eigenvalue weighted by molar-refractivity contribution is 6.22. The fraction of sp³-hybridized carbons (Fsp3) is 0.316. The highest BCUT2D eigenvalue weighted by Gasteiger charge is 2.24. The highest BCUT2D eigenvalue weighted by atomic mass is 19.1. The Morgan fingerprint density at radius 3 is 2.67 bits per heavy atom. The van der Waals surface area contributed by atoms with Crippen LogP contribution < -0.4 is 10.6 Å². The number of Topliss-reactive ketones (excluding diaryl/α,β-unsaturated/α-hetero) is 1. The second-order valence-corrected chi connectivity index (χ2v) is 5.80. The lowest BCUT2D eigenvalue weighted by Crippen LogP contribution is -2.19. The molecule has 1 aromatic rings. The van der Waals surface area contributed by atoms with E-state index in [2.05, 4.69) is 10.6 Å². The molecule has 0 bridgehead atoms. The summed E-state index contributed by atoms with van der Waals surface area (Å²) in [6.07, 6.45) is 3.00. The van der Waals surface area contributed by atoms with Crippen LogP contribution in [0, 0.1) is 16.6 Å². The normalized spacial score (nSPS) is 15.5. The molecule has 1 heterocycles. The van der Waals surface area contributed by atoms with Crippen LogP contribution in [0.15, 0.2) is 41.7 Å². The van der Waals surface area contributed by atoms with E-state index in [0.29, 0.717) is 31.0 Å². The molecule has 0 atom stereocenters. The third-order valence-corrected chi connectivity index (χ3v) is 3.64. The van der Waals surface area contributed by atoms with Gasteiger partial charge < -0.3 is 30.9 Å². The van der Waals surface area contributed by atoms with E-state index < -0.39 is 17.9 Å². The van der Waals surface area contributed by atoms with Gasteiger partial charge in [0.1, 0.15) is 5.82 Å². The molecule has 0 unspecified atom stereocenters. The third kappa shape index (κ3) is 5.57. The number of ketones is 1. The number of anilines is 1. The number of halogens is 1. The molecule has 0 aliphatic carbocycles. The van der Waals surface area contributed by atoms with E-state index in [1.165, 1.54) is 37.4 Å². The van der Waals surface area contributed by atoms with Crippen LogP contribution in [0.2, 0.25) is 0 Å². The lowest BCUT2D eigenvalue weighted by Gasteiger charge is -2.18. The third-order valence-electron chi connectivity index (χ3n) is 3.64. The lowest BCUT2D eigenvalue weighted by molar-refractivity contribution is -0.111. The van der Waals surface area contributed by atoms with Gasteiger partial charge in [0.25, 0.3) is 0 Å². The predicted octanol–water partition coefficient (Wildman–Crippen LogP) is 2.92. The van der Waals surface area contributed by atoms with Crippen molar-refractivity contribution in [3.8, 4) is 0 Å². The second kappa shape index (κ2) is 9.75. The largest absolute Gasteiger partial charge is 0.391 e. The van der Waals surface area contributed by atoms with Gasteiger partial charge in [-0.25, -0.2) is 4.39 Å². The fourth-order valence-electron chi connectivity index (χ4n) is 2.44. The number of allylic oxidation sites excluding steroid dienone is 2. The number of rotatable bonds is 9. The fourth-order valence-corrected chi connectivity index (χ4v) is 2.44. The first-order chi connectivity index (χ1) is 13.0. The maximum absolute atomic E-state index is 13.7. The Morgan fingerprint density at radius 2 is 2.07 bits per heavy atom. The van der Waals surface area contributed by atoms with Gasteiger partial charge in [-0.15, -0.1) is 0 Å². The molecule has 144 valence electrons. The summed E-state index contributed by atoms with van der Waals surface area (Å²) < 4.78 is 24.6. The zero-order valence-electron chi connectivity index (χ0n) is 15.3. The topological polar surface area (TPSA) is 107 Å². The van der Waals surface area contributed by atoms with E-state index in [1.807, 2.05) is 6.92 Å². The van der Waals surface area contributed by atoms with E-state index in [4.69, 9.17) is 20.3 Å². The Bertz CT molecular complexity index is 783. The van der Waals surface area contributed by atoms with Gasteiger partial charge in [-0.3, -0.25) is 4.79 Å². The first-order valence-corrected chi connectivity index (χ1v) is 8.51. The van der Waals surface area contributed by atoms with Gasteiger partial charge >= 0.3 is 0 Å². The van der Waals surface area contributed by atoms with Crippen LogP contribution in [0.25, 0.3) is 0 Å². The Morgan fingerprint density at radius 1 is 1.37 bits per heavy atom. The van der Waals surface area contributed by atoms with E-state index in [0.717, 1.165) is 6.21 Å². The lowest BCUT2D eigenvalue weighted by atomic mass is 10.1. The van der Waals surface area contributed by atoms with Crippen molar-refractivity contribution in [1.82, 2.24) is 5.32 Å². The van der Waals surface area contributed by atoms with Crippen molar-refractivity contribution in [2.24, 2.45) is 0 Å². The van der Waals surface area contributed by atoms with Gasteiger partial charge in [-0.1, -0.05) is 0 Å². The van der Waals surface area contributed by atoms with Crippen LogP contribution >= 0.6 is 0 Å². The average molecular weight is 374 g/mol. The maximum atomic E-state index is 13.7. The van der Waals surface area contributed by atoms with Crippen molar-refractivity contribution in [3.05, 3.63) is 53.1 Å². The van der Waals surface area contributed by atoms with Crippen LogP contribution in [0.3, 0.4) is 0 Å². The van der Waals surface area contributed by atoms with E-state index in [9.17, 15) is 9.18 Å². The number of nitrogens with one attached hydrogen (secondary N) is 4. The summed E-state index contributed by atoms with van der Waals surface area (Å²) in [5.74, 6) is -0.928. The highest BCUT2D eigenvalue weighted by Crippen LogP contribution is 2.31. The van der Waals surface area contributed by atoms with Crippen LogP contribution in [0.5, 0.6) is 0 Å². The molecule has 1 aromatic carbocycles. The quantitative estimate of drug-likeness (QED) is 0.393. The maximum Gasteiger partial charge on any atom is 0.212 e. The van der Waals surface area contributed by atoms with Crippen molar-refractivity contribution >= 4 is 23.4 Å². The molecule has 1 saturated heterocycles. The molecule has 1 fully saturated rings. The van der Waals surface area contributed by atoms with Gasteiger partial charge in [0, 0.05) is 35.9 Å². The predicted molar refractivity (Wildman–Crippen MR) is 102 cm³/mol. The van der Waals surface area contributed by atoms with Crippen molar-refractivity contribution < 1.29 is 18.7 Å². The number of benzene rings is 1. The SMILES string of the molecule is CCN/C=C(\C=N)C(=O)/C(=C/C(C)=N)Nc1ccc(F)cc1C1OCCO1. The zero-order valence-corrected chi connectivity index (χ0v) is 15.3. The van der Waals surface area contributed by atoms with Crippen molar-refractivity contribution in [3.63, 3.8) is 0 Å². The van der Waals surface area contributed by atoms with Gasteiger partial charge in [0.15, 0.2) is 6.29 Å². The minimum atomic E-state index is -0.736. The summed E-state index contributed by atoms with van der Waals surface area (Å²) in [7, 11) is 0. The van der Waals surface area contributed by atoms with Gasteiger partial charge in [0.2, 0.25) is 5.78 Å². The van der Waals surface area contributed by atoms with E-state index in [1.54, 1.807) is 0 Å². The first-order valence-electron chi connectivity index (χ1n) is 8.51. The molecule has 1 aliphatic heterocycles. The number of hydrogen-bond donors (Lipinski definition) is 4. The number of hydrogen-bond acceptors (Lipinski definition) is 7. The second-order valence-electron chi connectivity index (χ2n) is 5.80. The minimum absolute atomic E-state index is 0.0843. The molecule has 0 saturated carbocycles. The molecule has 4 N–H and O–H groups in total. The molecule has 2 rings (SSSR count). The summed E-state index contributed by atoms with van der Waals surface area (Å²) in [6.45, 7) is 4.78. The average Bonchev–Trinajstić information content (AvgIpc) is 3.17. The molecular weight excluding hydrogens is 351 g/mol. The number of ether oxygens (including phenoxy) is 2. The van der Waals surface area contributed by atoms with Crippen molar-refractivity contribution in [1.29, 1.82) is 10.8 Å². The first kappa shape index (κ1) is 20.5. The molecule has 27 heavy (non-hydrogen) atoms. The number of carbonyl (C=O) groups excluding carboxylic acids is 1. The zero-order chi connectivity index (χ0) is 19.8. The molecule has 0 radical (unpaired) electrons. The Hall–Kier alpha value is -2.84. The molecule has 0 aromatic heterocycles. The summed E-state index contributed by atoms with van der Waals surface area (Å²) in [5, 5.41) is 21.0. The van der Waals surface area contributed by atoms with Crippen LogP contribution in [-0.2, 0) is 14.3 Å². The Labute approximate surface area is 157 Å². The monoisotopic (exact) mass is 374 g/mol. The smallest absolute Gasteiger partial charge is 0.212 e. The van der Waals surface area contributed by atoms with Crippen LogP contribution in [-0.4, -0.2) is 37.5 Å².